The topological polar surface area (TPSA) is 98.3 Å². The first-order chi connectivity index (χ1) is 9.56. The van der Waals surface area contributed by atoms with Gasteiger partial charge in [0, 0.05) is 11.8 Å². The molecule has 6 nitrogen and oxygen atoms in total. The lowest BCUT2D eigenvalue weighted by Crippen LogP contribution is -2.15. The molecule has 0 aliphatic carbocycles. The summed E-state index contributed by atoms with van der Waals surface area (Å²) in [4.78, 5) is 22.2. The van der Waals surface area contributed by atoms with Crippen LogP contribution in [0.25, 0.3) is 0 Å². The number of nitrogens with one attached hydrogen (secondary N) is 1. The molecule has 0 fully saturated rings. The van der Waals surface area contributed by atoms with E-state index in [1.54, 1.807) is 36.4 Å². The third-order valence-electron chi connectivity index (χ3n) is 2.69. The highest BCUT2D eigenvalue weighted by atomic mass is 16.6. The predicted molar refractivity (Wildman–Crippen MR) is 76.3 cm³/mol. The normalized spacial score (nSPS) is 10.0. The Labute approximate surface area is 115 Å². The van der Waals surface area contributed by atoms with Crippen LogP contribution in [0.15, 0.2) is 48.5 Å². The summed E-state index contributed by atoms with van der Waals surface area (Å²) in [7, 11) is 0. The molecule has 2 aromatic carbocycles. The Bertz CT molecular complexity index is 656. The van der Waals surface area contributed by atoms with Gasteiger partial charge < -0.3 is 11.1 Å². The van der Waals surface area contributed by atoms with E-state index in [0.29, 0.717) is 5.69 Å². The van der Waals surface area contributed by atoms with Crippen molar-refractivity contribution in [1.29, 1.82) is 0 Å². The lowest BCUT2D eigenvalue weighted by molar-refractivity contribution is -0.383. The number of hydrogen-bond donors (Lipinski definition) is 2. The molecule has 0 radical (unpaired) electrons. The van der Waals surface area contributed by atoms with Crippen LogP contribution in [0.2, 0.25) is 0 Å². The number of rotatable bonds is 4. The van der Waals surface area contributed by atoms with Gasteiger partial charge in [-0.25, -0.2) is 0 Å². The third kappa shape index (κ3) is 3.32. The minimum atomic E-state index is -0.532. The highest BCUT2D eigenvalue weighted by Gasteiger charge is 2.14. The van der Waals surface area contributed by atoms with Crippen LogP contribution in [-0.2, 0) is 11.2 Å². The summed E-state index contributed by atoms with van der Waals surface area (Å²) in [6.07, 6.45) is 0.108. The fraction of sp³-hybridized carbons (Fsp3) is 0.0714. The van der Waals surface area contributed by atoms with Crippen LogP contribution in [0.1, 0.15) is 5.56 Å². The number of nitro groups is 1. The van der Waals surface area contributed by atoms with Crippen LogP contribution in [0.4, 0.5) is 17.1 Å². The van der Waals surface area contributed by atoms with E-state index < -0.39 is 4.92 Å². The molecule has 3 N–H and O–H groups in total. The number of para-hydroxylation sites is 2. The van der Waals surface area contributed by atoms with Crippen molar-refractivity contribution in [2.24, 2.45) is 0 Å². The highest BCUT2D eigenvalue weighted by Crippen LogP contribution is 2.23. The fourth-order valence-corrected chi connectivity index (χ4v) is 1.82. The summed E-state index contributed by atoms with van der Waals surface area (Å²) in [5, 5.41) is 13.4. The van der Waals surface area contributed by atoms with Crippen molar-refractivity contribution in [3.63, 3.8) is 0 Å². The molecule has 6 heteroatoms. The zero-order valence-corrected chi connectivity index (χ0v) is 10.6. The lowest BCUT2D eigenvalue weighted by atomic mass is 10.1. The van der Waals surface area contributed by atoms with Gasteiger partial charge in [0.15, 0.2) is 0 Å². The number of carbonyl (C=O) groups is 1. The molecular formula is C14H13N3O3. The van der Waals surface area contributed by atoms with E-state index in [0.717, 1.165) is 5.56 Å². The van der Waals surface area contributed by atoms with E-state index in [9.17, 15) is 14.9 Å². The first kappa shape index (κ1) is 13.5. The maximum absolute atomic E-state index is 11.9. The van der Waals surface area contributed by atoms with E-state index in [1.165, 1.54) is 12.1 Å². The average molecular weight is 271 g/mol. The molecule has 0 unspecified atom stereocenters. The SMILES string of the molecule is Nc1cccc(CC(=O)Nc2ccccc2[N+](=O)[O-])c1. The summed E-state index contributed by atoms with van der Waals surface area (Å²) in [6, 6.07) is 13.0. The van der Waals surface area contributed by atoms with Crippen molar-refractivity contribution < 1.29 is 9.72 Å². The van der Waals surface area contributed by atoms with E-state index in [-0.39, 0.29) is 23.7 Å². The zero-order valence-electron chi connectivity index (χ0n) is 10.6. The number of nitrogens with two attached hydrogens (primary N) is 1. The van der Waals surface area contributed by atoms with Crippen LogP contribution in [0.5, 0.6) is 0 Å². The largest absolute Gasteiger partial charge is 0.399 e. The van der Waals surface area contributed by atoms with Gasteiger partial charge in [-0.15, -0.1) is 0 Å². The molecule has 20 heavy (non-hydrogen) atoms. The summed E-state index contributed by atoms with van der Waals surface area (Å²) < 4.78 is 0. The second-order valence-corrected chi connectivity index (χ2v) is 4.24. The maximum Gasteiger partial charge on any atom is 0.292 e. The van der Waals surface area contributed by atoms with Crippen molar-refractivity contribution in [3.05, 3.63) is 64.2 Å². The van der Waals surface area contributed by atoms with E-state index in [4.69, 9.17) is 5.73 Å². The number of anilines is 2. The Morgan fingerprint density at radius 3 is 2.65 bits per heavy atom. The van der Waals surface area contributed by atoms with Crippen molar-refractivity contribution in [2.75, 3.05) is 11.1 Å². The van der Waals surface area contributed by atoms with Crippen molar-refractivity contribution in [2.45, 2.75) is 6.42 Å². The number of amides is 1. The third-order valence-corrected chi connectivity index (χ3v) is 2.69. The van der Waals surface area contributed by atoms with Crippen LogP contribution < -0.4 is 11.1 Å². The summed E-state index contributed by atoms with van der Waals surface area (Å²) in [5.74, 6) is -0.329. The second kappa shape index (κ2) is 5.83. The molecule has 0 bridgehead atoms. The predicted octanol–water partition coefficient (Wildman–Crippen LogP) is 2.36. The average Bonchev–Trinajstić information content (AvgIpc) is 2.38. The van der Waals surface area contributed by atoms with Crippen molar-refractivity contribution in [1.82, 2.24) is 0 Å². The smallest absolute Gasteiger partial charge is 0.292 e. The van der Waals surface area contributed by atoms with Crippen LogP contribution in [0.3, 0.4) is 0 Å². The van der Waals surface area contributed by atoms with Gasteiger partial charge in [-0.3, -0.25) is 14.9 Å². The Morgan fingerprint density at radius 1 is 1.20 bits per heavy atom. The first-order valence-electron chi connectivity index (χ1n) is 5.94. The number of nitrogens with zero attached hydrogens (tertiary/aromatic N) is 1. The van der Waals surface area contributed by atoms with Gasteiger partial charge in [0.1, 0.15) is 5.69 Å². The number of nitro benzene ring substituents is 1. The first-order valence-corrected chi connectivity index (χ1v) is 5.94. The quantitative estimate of drug-likeness (QED) is 0.506. The van der Waals surface area contributed by atoms with Gasteiger partial charge in [0.2, 0.25) is 5.91 Å². The van der Waals surface area contributed by atoms with E-state index >= 15 is 0 Å². The molecule has 0 saturated heterocycles. The van der Waals surface area contributed by atoms with Gasteiger partial charge in [-0.1, -0.05) is 24.3 Å². The Hall–Kier alpha value is -2.89. The molecular weight excluding hydrogens is 258 g/mol. The fourth-order valence-electron chi connectivity index (χ4n) is 1.82. The van der Waals surface area contributed by atoms with Crippen molar-refractivity contribution in [3.8, 4) is 0 Å². The Balaban J connectivity index is 2.11. The molecule has 0 spiro atoms. The molecule has 102 valence electrons. The summed E-state index contributed by atoms with van der Waals surface area (Å²) >= 11 is 0. The van der Waals surface area contributed by atoms with Gasteiger partial charge in [-0.2, -0.15) is 0 Å². The number of benzene rings is 2. The van der Waals surface area contributed by atoms with Gasteiger partial charge in [0.25, 0.3) is 5.69 Å². The minimum Gasteiger partial charge on any atom is -0.399 e. The van der Waals surface area contributed by atoms with Crippen LogP contribution in [-0.4, -0.2) is 10.8 Å². The molecule has 0 heterocycles. The molecule has 0 aliphatic rings. The Kier molecular flexibility index (Phi) is 3.95. The lowest BCUT2D eigenvalue weighted by Gasteiger charge is -2.06. The summed E-state index contributed by atoms with van der Waals surface area (Å²) in [5.41, 5.74) is 7.01. The molecule has 0 aliphatic heterocycles. The Morgan fingerprint density at radius 2 is 1.95 bits per heavy atom. The number of carbonyl (C=O) groups excluding carboxylic acids is 1. The monoisotopic (exact) mass is 271 g/mol. The van der Waals surface area contributed by atoms with E-state index in [1.807, 2.05) is 0 Å². The molecule has 0 saturated carbocycles. The van der Waals surface area contributed by atoms with Gasteiger partial charge in [0.05, 0.1) is 11.3 Å². The van der Waals surface area contributed by atoms with Crippen LogP contribution >= 0.6 is 0 Å². The van der Waals surface area contributed by atoms with Crippen molar-refractivity contribution >= 4 is 23.0 Å². The molecule has 0 atom stereocenters. The van der Waals surface area contributed by atoms with E-state index in [2.05, 4.69) is 5.32 Å². The molecule has 0 aromatic heterocycles. The molecule has 2 aromatic rings. The molecule has 1 amide bonds. The van der Waals surface area contributed by atoms with Gasteiger partial charge >= 0.3 is 0 Å². The minimum absolute atomic E-state index is 0.108. The second-order valence-electron chi connectivity index (χ2n) is 4.24. The number of hydrogen-bond acceptors (Lipinski definition) is 4. The summed E-state index contributed by atoms with van der Waals surface area (Å²) in [6.45, 7) is 0. The zero-order chi connectivity index (χ0) is 14.5. The standard InChI is InChI=1S/C14H13N3O3/c15-11-5-3-4-10(8-11)9-14(18)16-12-6-1-2-7-13(12)17(19)20/h1-8H,9,15H2,(H,16,18). The molecule has 2 rings (SSSR count). The van der Waals surface area contributed by atoms with Gasteiger partial charge in [-0.05, 0) is 23.8 Å². The number of nitrogen functional groups attached to an aromatic ring is 1. The van der Waals surface area contributed by atoms with Crippen LogP contribution in [0, 0.1) is 10.1 Å². The maximum atomic E-state index is 11.9. The highest BCUT2D eigenvalue weighted by molar-refractivity contribution is 5.94.